The van der Waals surface area contributed by atoms with Crippen molar-refractivity contribution in [2.75, 3.05) is 38.1 Å². The van der Waals surface area contributed by atoms with E-state index in [9.17, 15) is 0 Å². The lowest BCUT2D eigenvalue weighted by Crippen LogP contribution is -2.44. The molecule has 0 bridgehead atoms. The number of aromatic nitrogens is 7. The van der Waals surface area contributed by atoms with E-state index in [0.29, 0.717) is 0 Å². The van der Waals surface area contributed by atoms with Gasteiger partial charge in [0.1, 0.15) is 11.5 Å². The summed E-state index contributed by atoms with van der Waals surface area (Å²) >= 11 is 0. The number of likely N-dealkylation sites (N-methyl/N-ethyl adjacent to an activating group) is 1. The van der Waals surface area contributed by atoms with Crippen molar-refractivity contribution in [3.8, 4) is 33.4 Å². The summed E-state index contributed by atoms with van der Waals surface area (Å²) < 4.78 is 3.71. The molecule has 0 atom stereocenters. The summed E-state index contributed by atoms with van der Waals surface area (Å²) in [5.41, 5.74) is 8.42. The molecule has 1 aliphatic heterocycles. The minimum Gasteiger partial charge on any atom is -0.354 e. The minimum atomic E-state index is 0.868. The quantitative estimate of drug-likeness (QED) is 0.402. The van der Waals surface area contributed by atoms with Gasteiger partial charge in [-0.15, -0.1) is 0 Å². The molecule has 184 valence electrons. The average Bonchev–Trinajstić information content (AvgIpc) is 3.66. The van der Waals surface area contributed by atoms with Crippen LogP contribution in [0.5, 0.6) is 0 Å². The molecule has 9 heteroatoms. The summed E-state index contributed by atoms with van der Waals surface area (Å²) in [7, 11) is 4.09. The van der Waals surface area contributed by atoms with Gasteiger partial charge in [0.15, 0.2) is 0 Å². The Morgan fingerprint density at radius 1 is 0.784 bits per heavy atom. The first kappa shape index (κ1) is 21.8. The van der Waals surface area contributed by atoms with Gasteiger partial charge in [0.2, 0.25) is 0 Å². The second-order valence-electron chi connectivity index (χ2n) is 9.72. The topological polar surface area (TPSA) is 83.2 Å². The van der Waals surface area contributed by atoms with Crippen molar-refractivity contribution < 1.29 is 0 Å². The van der Waals surface area contributed by atoms with Crippen LogP contribution in [0.1, 0.15) is 0 Å². The first-order chi connectivity index (χ1) is 18.1. The highest BCUT2D eigenvalue weighted by Gasteiger charge is 2.17. The van der Waals surface area contributed by atoms with E-state index in [4.69, 9.17) is 4.98 Å². The molecule has 1 fully saturated rings. The first-order valence-corrected chi connectivity index (χ1v) is 12.5. The molecule has 0 spiro atoms. The van der Waals surface area contributed by atoms with Crippen molar-refractivity contribution in [2.45, 2.75) is 0 Å². The fraction of sp³-hybridized carbons (Fsp3) is 0.214. The lowest BCUT2D eigenvalue weighted by atomic mass is 10.0. The molecule has 9 nitrogen and oxygen atoms in total. The third kappa shape index (κ3) is 3.84. The second kappa shape index (κ2) is 8.56. The van der Waals surface area contributed by atoms with Crippen LogP contribution in [0.4, 0.5) is 5.82 Å². The van der Waals surface area contributed by atoms with Crippen LogP contribution in [-0.4, -0.2) is 72.5 Å². The fourth-order valence-electron chi connectivity index (χ4n) is 5.14. The zero-order chi connectivity index (χ0) is 24.9. The van der Waals surface area contributed by atoms with Crippen molar-refractivity contribution in [2.24, 2.45) is 7.05 Å². The van der Waals surface area contributed by atoms with E-state index in [1.54, 1.807) is 0 Å². The van der Waals surface area contributed by atoms with Crippen LogP contribution in [0.25, 0.3) is 49.9 Å². The van der Waals surface area contributed by atoms with E-state index in [0.717, 1.165) is 81.9 Å². The number of nitrogens with zero attached hydrogens (tertiary/aromatic N) is 8. The van der Waals surface area contributed by atoms with Gasteiger partial charge in [0.05, 0.1) is 17.9 Å². The van der Waals surface area contributed by atoms with Crippen LogP contribution in [0.3, 0.4) is 0 Å². The molecule has 1 N–H and O–H groups in total. The number of aryl methyl sites for hydroxylation is 1. The van der Waals surface area contributed by atoms with Crippen LogP contribution in [-0.2, 0) is 7.05 Å². The Labute approximate surface area is 214 Å². The Bertz CT molecular complexity index is 1730. The molecule has 1 aliphatic rings. The summed E-state index contributed by atoms with van der Waals surface area (Å²) in [6.07, 6.45) is 13.7. The highest BCUT2D eigenvalue weighted by molar-refractivity contribution is 5.97. The van der Waals surface area contributed by atoms with Gasteiger partial charge in [-0.3, -0.25) is 4.68 Å². The van der Waals surface area contributed by atoms with Gasteiger partial charge < -0.3 is 14.8 Å². The highest BCUT2D eigenvalue weighted by atomic mass is 15.3. The van der Waals surface area contributed by atoms with E-state index >= 15 is 0 Å². The van der Waals surface area contributed by atoms with Gasteiger partial charge in [0, 0.05) is 91.9 Å². The van der Waals surface area contributed by atoms with Crippen molar-refractivity contribution in [1.29, 1.82) is 0 Å². The zero-order valence-electron chi connectivity index (χ0n) is 20.8. The largest absolute Gasteiger partial charge is 0.354 e. The number of nitrogens with one attached hydrogen (secondary N) is 1. The maximum absolute atomic E-state index is 4.75. The molecule has 1 saturated heterocycles. The van der Waals surface area contributed by atoms with Crippen molar-refractivity contribution in [3.63, 3.8) is 0 Å². The average molecular weight is 490 g/mol. The van der Waals surface area contributed by atoms with E-state index in [1.165, 1.54) is 0 Å². The monoisotopic (exact) mass is 489 g/mol. The highest BCUT2D eigenvalue weighted by Crippen LogP contribution is 2.34. The third-order valence-electron chi connectivity index (χ3n) is 7.29. The zero-order valence-corrected chi connectivity index (χ0v) is 20.8. The van der Waals surface area contributed by atoms with Crippen LogP contribution < -0.4 is 4.90 Å². The number of piperazine rings is 1. The number of anilines is 1. The van der Waals surface area contributed by atoms with E-state index in [2.05, 4.69) is 67.3 Å². The number of fused-ring (bicyclic) bond motifs is 2. The Kier molecular flexibility index (Phi) is 5.03. The maximum Gasteiger partial charge on any atom is 0.137 e. The number of pyridine rings is 3. The number of aromatic amines is 1. The van der Waals surface area contributed by atoms with Gasteiger partial charge in [-0.1, -0.05) is 0 Å². The molecule has 7 heterocycles. The lowest BCUT2D eigenvalue weighted by Gasteiger charge is -2.33. The Balaban J connectivity index is 1.27. The SMILES string of the molecule is CN1CCN(c2cc(-c3cnc4[nH]cc(-c5ccn6ncc(-c7cnn(C)c7)c6c5)c4c3)ccn2)CC1. The number of rotatable bonds is 4. The fourth-order valence-corrected chi connectivity index (χ4v) is 5.14. The van der Waals surface area contributed by atoms with Crippen LogP contribution in [0.2, 0.25) is 0 Å². The van der Waals surface area contributed by atoms with Gasteiger partial charge in [-0.25, -0.2) is 14.5 Å². The molecular weight excluding hydrogens is 462 g/mol. The number of hydrogen-bond acceptors (Lipinski definition) is 6. The molecule has 6 aromatic heterocycles. The van der Waals surface area contributed by atoms with Crippen molar-refractivity contribution in [1.82, 2.24) is 39.2 Å². The molecule has 0 saturated carbocycles. The normalized spacial score (nSPS) is 14.7. The molecule has 0 radical (unpaired) electrons. The summed E-state index contributed by atoms with van der Waals surface area (Å²) in [5.74, 6) is 1.02. The van der Waals surface area contributed by atoms with E-state index < -0.39 is 0 Å². The number of H-pyrrole nitrogens is 1. The summed E-state index contributed by atoms with van der Waals surface area (Å²) in [4.78, 5) is 17.5. The molecule has 0 aliphatic carbocycles. The second-order valence-corrected chi connectivity index (χ2v) is 9.72. The lowest BCUT2D eigenvalue weighted by molar-refractivity contribution is 0.312. The minimum absolute atomic E-state index is 0.868. The van der Waals surface area contributed by atoms with Gasteiger partial charge >= 0.3 is 0 Å². The van der Waals surface area contributed by atoms with Gasteiger partial charge in [0.25, 0.3) is 0 Å². The van der Waals surface area contributed by atoms with Crippen molar-refractivity contribution in [3.05, 3.63) is 73.7 Å². The third-order valence-corrected chi connectivity index (χ3v) is 7.29. The molecule has 7 rings (SSSR count). The molecule has 0 unspecified atom stereocenters. The maximum atomic E-state index is 4.75. The summed E-state index contributed by atoms with van der Waals surface area (Å²) in [6, 6.07) is 10.7. The first-order valence-electron chi connectivity index (χ1n) is 12.5. The Morgan fingerprint density at radius 3 is 2.51 bits per heavy atom. The summed E-state index contributed by atoms with van der Waals surface area (Å²) in [6.45, 7) is 4.08. The molecule has 6 aromatic rings. The van der Waals surface area contributed by atoms with Gasteiger partial charge in [-0.05, 0) is 48.5 Å². The van der Waals surface area contributed by atoms with Crippen LogP contribution >= 0.6 is 0 Å². The number of hydrogen-bond donors (Lipinski definition) is 1. The molecule has 0 aromatic carbocycles. The molecule has 0 amide bonds. The summed E-state index contributed by atoms with van der Waals surface area (Å²) in [5, 5.41) is 9.95. The van der Waals surface area contributed by atoms with E-state index in [-0.39, 0.29) is 0 Å². The van der Waals surface area contributed by atoms with Crippen LogP contribution in [0.15, 0.2) is 73.7 Å². The standard InChI is InChI=1S/C28H27N9/c1-34-7-9-36(10-8-34)27-13-19(3-5-29-27)21-11-23-24(16-31-28(23)30-14-21)20-4-6-37-26(12-20)25(17-33-37)22-15-32-35(2)18-22/h3-6,11-18H,7-10H2,1-2H3,(H,30,31). The smallest absolute Gasteiger partial charge is 0.137 e. The Hall–Kier alpha value is -4.50. The molecular formula is C28H27N9. The van der Waals surface area contributed by atoms with Gasteiger partial charge in [-0.2, -0.15) is 10.2 Å². The van der Waals surface area contributed by atoms with Crippen LogP contribution in [0, 0.1) is 0 Å². The van der Waals surface area contributed by atoms with E-state index in [1.807, 2.05) is 59.6 Å². The predicted octanol–water partition coefficient (Wildman–Crippen LogP) is 4.09. The molecule has 37 heavy (non-hydrogen) atoms. The predicted molar refractivity (Wildman–Crippen MR) is 145 cm³/mol. The van der Waals surface area contributed by atoms with Crippen molar-refractivity contribution >= 4 is 22.4 Å². The Morgan fingerprint density at radius 2 is 1.68 bits per heavy atom.